The van der Waals surface area contributed by atoms with Gasteiger partial charge in [0.1, 0.15) is 28.5 Å². The third kappa shape index (κ3) is 9.84. The second-order valence-electron chi connectivity index (χ2n) is 11.0. The van der Waals surface area contributed by atoms with Crippen LogP contribution >= 0.6 is 17.1 Å². The molecule has 0 saturated heterocycles. The molecule has 0 amide bonds. The topological polar surface area (TPSA) is 0 Å². The SMILES string of the molecule is C[C]1[C](C)[C](C)[C](C)[C]1C.[S-]/C=C(\[S-])c1ccccc1.[S]=[W].c1ccc([P+](c2ccccc2)(c2ccccc2)c2ccccc2)cc1. The number of hydrogen-bond donors (Lipinski definition) is 0. The van der Waals surface area contributed by atoms with Gasteiger partial charge in [-0.1, -0.05) is 138 Å². The first-order chi connectivity index (χ1) is 22.8. The van der Waals surface area contributed by atoms with Gasteiger partial charge in [-0.25, -0.2) is 5.41 Å². The van der Waals surface area contributed by atoms with Gasteiger partial charge in [-0.15, -0.1) is 0 Å². The van der Waals surface area contributed by atoms with E-state index in [2.05, 4.69) is 166 Å². The molecule has 0 aromatic heterocycles. The van der Waals surface area contributed by atoms with Crippen LogP contribution in [0.15, 0.2) is 157 Å². The molecule has 1 aliphatic carbocycles. The van der Waals surface area contributed by atoms with Crippen LogP contribution in [0.25, 0.3) is 4.91 Å². The van der Waals surface area contributed by atoms with Gasteiger partial charge >= 0.3 is 27.8 Å². The molecule has 0 spiro atoms. The van der Waals surface area contributed by atoms with E-state index in [1.807, 2.05) is 30.3 Å². The van der Waals surface area contributed by atoms with E-state index in [1.165, 1.54) is 74.2 Å². The zero-order valence-corrected chi connectivity index (χ0v) is 33.9. The van der Waals surface area contributed by atoms with Crippen molar-refractivity contribution in [2.75, 3.05) is 0 Å². The molecule has 0 aliphatic heterocycles. The minimum atomic E-state index is -1.91. The van der Waals surface area contributed by atoms with Crippen LogP contribution in [0.1, 0.15) is 40.2 Å². The Bertz CT molecular complexity index is 1390. The second kappa shape index (κ2) is 20.2. The number of rotatable bonds is 5. The summed E-state index contributed by atoms with van der Waals surface area (Å²) in [6.45, 7) is 11.0. The predicted molar refractivity (Wildman–Crippen MR) is 213 cm³/mol. The van der Waals surface area contributed by atoms with E-state index in [0.717, 1.165) is 10.5 Å². The summed E-state index contributed by atoms with van der Waals surface area (Å²) in [6.07, 6.45) is 0. The van der Waals surface area contributed by atoms with Crippen molar-refractivity contribution in [3.63, 3.8) is 0 Å². The van der Waals surface area contributed by atoms with Crippen molar-refractivity contribution >= 4 is 68.5 Å². The van der Waals surface area contributed by atoms with Crippen LogP contribution < -0.4 is 21.2 Å². The summed E-state index contributed by atoms with van der Waals surface area (Å²) in [6, 6.07) is 53.6. The fourth-order valence-corrected chi connectivity index (χ4v) is 10.1. The number of hydrogen-bond acceptors (Lipinski definition) is 3. The smallest absolute Gasteiger partial charge is 0.0620 e. The zero-order chi connectivity index (χ0) is 34.2. The molecule has 5 heteroatoms. The van der Waals surface area contributed by atoms with Crippen molar-refractivity contribution in [2.45, 2.75) is 34.6 Å². The Morgan fingerprint density at radius 3 is 0.872 bits per heavy atom. The van der Waals surface area contributed by atoms with Crippen molar-refractivity contribution in [1.82, 2.24) is 0 Å². The summed E-state index contributed by atoms with van der Waals surface area (Å²) < 4.78 is 0. The molecule has 5 radical (unpaired) electrons. The summed E-state index contributed by atoms with van der Waals surface area (Å²) in [5.74, 6) is 7.34. The Hall–Kier alpha value is -2.38. The van der Waals surface area contributed by atoms with Crippen LogP contribution in [0, 0.1) is 29.6 Å². The molecule has 0 unspecified atom stereocenters. The zero-order valence-electron chi connectivity index (χ0n) is 27.6. The molecule has 239 valence electrons. The summed E-state index contributed by atoms with van der Waals surface area (Å²) in [5, 5.41) is 7.07. The molecule has 0 N–H and O–H groups in total. The Balaban J connectivity index is 0.000000225. The molecular weight excluding hydrogens is 815 g/mol. The minimum Gasteiger partial charge on any atom is -0.0620 e. The summed E-state index contributed by atoms with van der Waals surface area (Å²) in [7, 11) is 2.26. The maximum Gasteiger partial charge on any atom is 0.144 e. The first kappa shape index (κ1) is 39.1. The molecule has 1 saturated carbocycles. The van der Waals surface area contributed by atoms with Gasteiger partial charge in [-0.3, -0.25) is 0 Å². The van der Waals surface area contributed by atoms with E-state index in [9.17, 15) is 0 Å². The van der Waals surface area contributed by atoms with Gasteiger partial charge in [0, 0.05) is 0 Å². The van der Waals surface area contributed by atoms with E-state index in [1.54, 1.807) is 0 Å². The van der Waals surface area contributed by atoms with Gasteiger partial charge in [0.05, 0.1) is 0 Å². The molecule has 0 atom stereocenters. The quantitative estimate of drug-likeness (QED) is 0.128. The predicted octanol–water partition coefficient (Wildman–Crippen LogP) is 10.0. The molecule has 6 rings (SSSR count). The van der Waals surface area contributed by atoms with E-state index in [0.29, 0.717) is 0 Å². The summed E-state index contributed by atoms with van der Waals surface area (Å²) in [5.41, 5.74) is 1.02. The van der Waals surface area contributed by atoms with Crippen molar-refractivity contribution in [1.29, 1.82) is 0 Å². The molecule has 1 fully saturated rings. The molecule has 0 nitrogen and oxygen atoms in total. The van der Waals surface area contributed by atoms with E-state index < -0.39 is 7.26 Å². The number of benzene rings is 5. The van der Waals surface area contributed by atoms with Gasteiger partial charge in [0.2, 0.25) is 0 Å². The molecule has 47 heavy (non-hydrogen) atoms. The third-order valence-corrected chi connectivity index (χ3v) is 13.6. The second-order valence-corrected chi connectivity index (χ2v) is 15.1. The van der Waals surface area contributed by atoms with Crippen molar-refractivity contribution in [3.05, 3.63) is 192 Å². The maximum atomic E-state index is 4.96. The Labute approximate surface area is 311 Å². The average Bonchev–Trinajstić information content (AvgIpc) is 3.32. The summed E-state index contributed by atoms with van der Waals surface area (Å²) >= 11 is 10.8. The third-order valence-electron chi connectivity index (χ3n) is 8.55. The average molecular weight is 857 g/mol. The summed E-state index contributed by atoms with van der Waals surface area (Å²) in [4.78, 5) is 0.732. The van der Waals surface area contributed by atoms with Gasteiger partial charge in [-0.2, -0.15) is 4.91 Å². The molecular formula is C42H41PS3W-. The van der Waals surface area contributed by atoms with Gasteiger partial charge in [-0.05, 0) is 83.7 Å². The largest absolute Gasteiger partial charge is 0.144 e. The standard InChI is InChI=1S/C24H20P.C10H15.C8H8S2.S.W/c1-5-13-21(14-6-1)25(22-15-7-2-8-16-22,23-17-9-3-10-18-23)24-19-11-4-12-20-24;1-6-7(2)9(4)10(5)8(6)3;9-6-8(10)7-4-2-1-3-5-7;;/h1-20H;1-5H3;1-6,9-10H;;/q+1;;;;/p-2/b;;8-6-;;. The molecule has 1 aliphatic rings. The first-order valence-corrected chi connectivity index (χ1v) is 21.9. The van der Waals surface area contributed by atoms with Crippen LogP contribution in [-0.2, 0) is 43.3 Å². The van der Waals surface area contributed by atoms with Crippen molar-refractivity contribution in [2.24, 2.45) is 0 Å². The molecule has 5 aromatic carbocycles. The van der Waals surface area contributed by atoms with Crippen LogP contribution in [0.4, 0.5) is 0 Å². The van der Waals surface area contributed by atoms with Crippen molar-refractivity contribution in [3.8, 4) is 0 Å². The van der Waals surface area contributed by atoms with Crippen LogP contribution in [0.3, 0.4) is 0 Å². The molecule has 5 aromatic rings. The van der Waals surface area contributed by atoms with Crippen LogP contribution in [0.2, 0.25) is 0 Å². The fourth-order valence-electron chi connectivity index (χ4n) is 5.58. The normalized spacial score (nSPS) is 14.5. The van der Waals surface area contributed by atoms with Gasteiger partial charge in [0.15, 0.2) is 0 Å². The fraction of sp³-hybridized carbons (Fsp3) is 0.119. The Morgan fingerprint density at radius 2 is 0.660 bits per heavy atom. The van der Waals surface area contributed by atoms with Gasteiger partial charge in [0.25, 0.3) is 0 Å². The molecule has 0 heterocycles. The Morgan fingerprint density at radius 1 is 0.447 bits per heavy atom. The van der Waals surface area contributed by atoms with Crippen LogP contribution in [0.5, 0.6) is 0 Å². The van der Waals surface area contributed by atoms with E-state index >= 15 is 0 Å². The van der Waals surface area contributed by atoms with E-state index in [-0.39, 0.29) is 0 Å². The van der Waals surface area contributed by atoms with Gasteiger partial charge < -0.3 is 25.3 Å². The monoisotopic (exact) mass is 856 g/mol. The van der Waals surface area contributed by atoms with Crippen LogP contribution in [-0.4, -0.2) is 0 Å². The molecule has 0 bridgehead atoms. The van der Waals surface area contributed by atoms with E-state index in [4.69, 9.17) is 25.3 Å². The van der Waals surface area contributed by atoms with Crippen molar-refractivity contribution < 1.29 is 18.0 Å². The first-order valence-electron chi connectivity index (χ1n) is 15.3. The Kier molecular flexibility index (Phi) is 16.8. The maximum absolute atomic E-state index is 4.96. The minimum absolute atomic E-state index is 0.732.